The monoisotopic (exact) mass is 268 g/mol. The smallest absolute Gasteiger partial charge is 0.380 e. The van der Waals surface area contributed by atoms with Crippen molar-refractivity contribution in [2.75, 3.05) is 19.8 Å². The Morgan fingerprint density at radius 3 is 2.00 bits per heavy atom. The third-order valence-electron chi connectivity index (χ3n) is 1.68. The van der Waals surface area contributed by atoms with Gasteiger partial charge < -0.3 is 14.2 Å². The van der Waals surface area contributed by atoms with E-state index in [1.165, 1.54) is 12.2 Å². The first-order valence-electron chi connectivity index (χ1n) is 5.50. The molecule has 0 unspecified atom stereocenters. The van der Waals surface area contributed by atoms with Crippen LogP contribution in [0.4, 0.5) is 0 Å². The van der Waals surface area contributed by atoms with Gasteiger partial charge >= 0.3 is 11.9 Å². The minimum atomic E-state index is -1.18. The Kier molecular flexibility index (Phi) is 8.44. The van der Waals surface area contributed by atoms with E-state index in [0.29, 0.717) is 0 Å². The second-order valence-electron chi connectivity index (χ2n) is 3.09. The zero-order valence-corrected chi connectivity index (χ0v) is 10.7. The minimum Gasteiger partial charge on any atom is -0.500 e. The van der Waals surface area contributed by atoms with Crippen LogP contribution in [0.15, 0.2) is 37.1 Å². The van der Waals surface area contributed by atoms with Crippen LogP contribution in [0.25, 0.3) is 0 Å². The molecule has 0 aliphatic heterocycles. The Hall–Kier alpha value is -2.37. The van der Waals surface area contributed by atoms with E-state index < -0.39 is 23.3 Å². The van der Waals surface area contributed by atoms with Crippen molar-refractivity contribution in [3.8, 4) is 0 Å². The molecule has 104 valence electrons. The number of rotatable bonds is 9. The summed E-state index contributed by atoms with van der Waals surface area (Å²) in [6.07, 6.45) is 3.51. The van der Waals surface area contributed by atoms with Crippen molar-refractivity contribution in [1.82, 2.24) is 0 Å². The molecule has 0 rings (SSSR count). The van der Waals surface area contributed by atoms with Crippen LogP contribution in [0.2, 0.25) is 0 Å². The number of Topliss-reactive ketones (excluding diaryl/α,β-unsaturated/α-hetero) is 1. The lowest BCUT2D eigenvalue weighted by Gasteiger charge is -2.06. The number of carbonyl (C=O) groups excluding carboxylic acids is 3. The molecule has 0 radical (unpaired) electrons. The van der Waals surface area contributed by atoms with E-state index in [0.717, 1.165) is 6.26 Å². The Balaban J connectivity index is 4.87. The Bertz CT molecular complexity index is 394. The fourth-order valence-corrected chi connectivity index (χ4v) is 0.883. The summed E-state index contributed by atoms with van der Waals surface area (Å²) in [5.74, 6) is -3.29. The number of ether oxygens (including phenoxy) is 3. The van der Waals surface area contributed by atoms with Crippen LogP contribution in [0, 0.1) is 0 Å². The SMILES string of the molecule is C=CCOC(=O)C(=O)C(=COCC)C(=O)OCC=C. The molecule has 0 atom stereocenters. The van der Waals surface area contributed by atoms with E-state index in [2.05, 4.69) is 22.6 Å². The molecule has 0 aliphatic carbocycles. The van der Waals surface area contributed by atoms with Crippen LogP contribution in [-0.4, -0.2) is 37.5 Å². The highest BCUT2D eigenvalue weighted by molar-refractivity contribution is 6.46. The molecule has 6 nitrogen and oxygen atoms in total. The van der Waals surface area contributed by atoms with E-state index in [4.69, 9.17) is 4.74 Å². The first-order valence-corrected chi connectivity index (χ1v) is 5.50. The van der Waals surface area contributed by atoms with Gasteiger partial charge in [0.25, 0.3) is 5.78 Å². The molecule has 0 saturated carbocycles. The highest BCUT2D eigenvalue weighted by Gasteiger charge is 2.28. The highest BCUT2D eigenvalue weighted by Crippen LogP contribution is 2.03. The van der Waals surface area contributed by atoms with Crippen molar-refractivity contribution in [3.63, 3.8) is 0 Å². The molecule has 0 aromatic carbocycles. The van der Waals surface area contributed by atoms with Gasteiger partial charge in [-0.25, -0.2) is 9.59 Å². The summed E-state index contributed by atoms with van der Waals surface area (Å²) in [4.78, 5) is 34.6. The average molecular weight is 268 g/mol. The van der Waals surface area contributed by atoms with Gasteiger partial charge in [0, 0.05) is 0 Å². The average Bonchev–Trinajstić information content (AvgIpc) is 2.42. The highest BCUT2D eigenvalue weighted by atomic mass is 16.5. The van der Waals surface area contributed by atoms with Crippen LogP contribution >= 0.6 is 0 Å². The van der Waals surface area contributed by atoms with Crippen molar-refractivity contribution in [2.45, 2.75) is 6.92 Å². The summed E-state index contributed by atoms with van der Waals surface area (Å²) < 4.78 is 14.0. The number of ketones is 1. The number of hydrogen-bond donors (Lipinski definition) is 0. The molecule has 0 amide bonds. The first-order chi connectivity index (χ1) is 9.08. The topological polar surface area (TPSA) is 78.9 Å². The van der Waals surface area contributed by atoms with Gasteiger partial charge in [0.1, 0.15) is 25.0 Å². The predicted octanol–water partition coefficient (Wildman–Crippen LogP) is 0.934. The maximum Gasteiger partial charge on any atom is 0.380 e. The van der Waals surface area contributed by atoms with Crippen molar-refractivity contribution in [2.24, 2.45) is 0 Å². The van der Waals surface area contributed by atoms with Gasteiger partial charge in [-0.1, -0.05) is 25.3 Å². The molecule has 0 heterocycles. The van der Waals surface area contributed by atoms with Crippen molar-refractivity contribution in [3.05, 3.63) is 37.1 Å². The lowest BCUT2D eigenvalue weighted by molar-refractivity contribution is -0.153. The summed E-state index contributed by atoms with van der Waals surface area (Å²) >= 11 is 0. The fraction of sp³-hybridized carbons (Fsp3) is 0.308. The summed E-state index contributed by atoms with van der Waals surface area (Å²) in [5.41, 5.74) is -0.530. The van der Waals surface area contributed by atoms with Crippen LogP contribution in [0.5, 0.6) is 0 Å². The third-order valence-corrected chi connectivity index (χ3v) is 1.68. The molecule has 0 aromatic rings. The van der Waals surface area contributed by atoms with Crippen LogP contribution in [-0.2, 0) is 28.6 Å². The lowest BCUT2D eigenvalue weighted by Crippen LogP contribution is -2.25. The summed E-state index contributed by atoms with van der Waals surface area (Å²) in [6, 6.07) is 0. The molecular formula is C13H16O6. The second kappa shape index (κ2) is 9.64. The van der Waals surface area contributed by atoms with E-state index in [1.807, 2.05) is 0 Å². The molecule has 0 saturated heterocycles. The molecule has 19 heavy (non-hydrogen) atoms. The third kappa shape index (κ3) is 6.21. The van der Waals surface area contributed by atoms with Crippen molar-refractivity contribution in [1.29, 1.82) is 0 Å². The van der Waals surface area contributed by atoms with Gasteiger partial charge in [-0.15, -0.1) is 0 Å². The van der Waals surface area contributed by atoms with Crippen LogP contribution in [0.1, 0.15) is 6.92 Å². The van der Waals surface area contributed by atoms with Gasteiger partial charge in [0.05, 0.1) is 6.61 Å². The number of esters is 2. The molecule has 0 aromatic heterocycles. The Morgan fingerprint density at radius 2 is 1.53 bits per heavy atom. The second-order valence-corrected chi connectivity index (χ2v) is 3.09. The maximum atomic E-state index is 11.7. The Morgan fingerprint density at radius 1 is 1.00 bits per heavy atom. The fourth-order valence-electron chi connectivity index (χ4n) is 0.883. The van der Waals surface area contributed by atoms with Crippen LogP contribution in [0.3, 0.4) is 0 Å². The lowest BCUT2D eigenvalue weighted by atomic mass is 10.2. The first kappa shape index (κ1) is 16.6. The normalized spacial score (nSPS) is 10.3. The molecule has 0 fully saturated rings. The minimum absolute atomic E-state index is 0.0860. The molecule has 0 bridgehead atoms. The zero-order valence-electron chi connectivity index (χ0n) is 10.7. The Labute approximate surface area is 111 Å². The van der Waals surface area contributed by atoms with Gasteiger partial charge in [0.15, 0.2) is 0 Å². The van der Waals surface area contributed by atoms with Crippen molar-refractivity contribution < 1.29 is 28.6 Å². The van der Waals surface area contributed by atoms with Gasteiger partial charge in [-0.3, -0.25) is 4.79 Å². The van der Waals surface area contributed by atoms with E-state index in [9.17, 15) is 14.4 Å². The van der Waals surface area contributed by atoms with Crippen molar-refractivity contribution >= 4 is 17.7 Å². The maximum absolute atomic E-state index is 11.7. The number of carbonyl (C=O) groups is 3. The molecule has 0 aliphatic rings. The van der Waals surface area contributed by atoms with E-state index in [1.54, 1.807) is 6.92 Å². The van der Waals surface area contributed by atoms with Gasteiger partial charge in [-0.05, 0) is 6.92 Å². The van der Waals surface area contributed by atoms with Gasteiger partial charge in [-0.2, -0.15) is 0 Å². The molecule has 6 heteroatoms. The number of hydrogen-bond acceptors (Lipinski definition) is 6. The molecule has 0 N–H and O–H groups in total. The zero-order chi connectivity index (χ0) is 14.7. The van der Waals surface area contributed by atoms with E-state index >= 15 is 0 Å². The summed E-state index contributed by atoms with van der Waals surface area (Å²) in [5, 5.41) is 0. The van der Waals surface area contributed by atoms with Crippen LogP contribution < -0.4 is 0 Å². The predicted molar refractivity (Wildman–Crippen MR) is 67.0 cm³/mol. The summed E-state index contributed by atoms with van der Waals surface area (Å²) in [6.45, 7) is 8.36. The quantitative estimate of drug-likeness (QED) is 0.118. The van der Waals surface area contributed by atoms with E-state index in [-0.39, 0.29) is 19.8 Å². The molecular weight excluding hydrogens is 252 g/mol. The molecule has 0 spiro atoms. The van der Waals surface area contributed by atoms with Gasteiger partial charge in [0.2, 0.25) is 0 Å². The summed E-state index contributed by atoms with van der Waals surface area (Å²) in [7, 11) is 0. The largest absolute Gasteiger partial charge is 0.500 e. The standard InChI is InChI=1S/C13H16O6/c1-4-7-18-12(15)10(9-17-6-3)11(14)13(16)19-8-5-2/h4-5,9H,1-2,6-8H2,3H3.